The van der Waals surface area contributed by atoms with E-state index in [2.05, 4.69) is 5.32 Å². The van der Waals surface area contributed by atoms with Gasteiger partial charge in [-0.1, -0.05) is 17.7 Å². The molecule has 0 saturated carbocycles. The van der Waals surface area contributed by atoms with Crippen molar-refractivity contribution in [3.63, 3.8) is 0 Å². The number of rotatable bonds is 8. The summed E-state index contributed by atoms with van der Waals surface area (Å²) in [6.45, 7) is 3.92. The Morgan fingerprint density at radius 3 is 2.38 bits per heavy atom. The topological polar surface area (TPSA) is 86.3 Å². The minimum atomic E-state index is -0.782. The Balaban J connectivity index is 2.08. The standard InChI is InChI=1S/C24H28N2O6/c1-6-31-23(27)21-19(14-32-16-9-7-15(2)8-10-16)26(3)24(28)25-22(21)18-12-11-17(29-4)13-20(18)30-5/h7-13,22H,6,14H2,1-5H3,(H,25,28). The van der Waals surface area contributed by atoms with E-state index >= 15 is 0 Å². The van der Waals surface area contributed by atoms with Gasteiger partial charge in [-0.05, 0) is 38.1 Å². The number of hydrogen-bond donors (Lipinski definition) is 1. The Kier molecular flexibility index (Phi) is 7.25. The molecule has 1 aliphatic heterocycles. The van der Waals surface area contributed by atoms with E-state index in [4.69, 9.17) is 18.9 Å². The van der Waals surface area contributed by atoms with Gasteiger partial charge >= 0.3 is 12.0 Å². The van der Waals surface area contributed by atoms with Crippen LogP contribution in [-0.4, -0.2) is 51.4 Å². The van der Waals surface area contributed by atoms with E-state index in [0.717, 1.165) is 5.56 Å². The highest BCUT2D eigenvalue weighted by atomic mass is 16.5. The minimum Gasteiger partial charge on any atom is -0.497 e. The number of benzene rings is 2. The highest BCUT2D eigenvalue weighted by Crippen LogP contribution is 2.37. The van der Waals surface area contributed by atoms with Gasteiger partial charge in [0.25, 0.3) is 0 Å². The lowest BCUT2D eigenvalue weighted by Crippen LogP contribution is -2.48. The SMILES string of the molecule is CCOC(=O)C1=C(COc2ccc(C)cc2)N(C)C(=O)NC1c1ccc(OC)cc1OC. The van der Waals surface area contributed by atoms with Gasteiger partial charge in [-0.15, -0.1) is 0 Å². The highest BCUT2D eigenvalue weighted by Gasteiger charge is 2.38. The predicted molar refractivity (Wildman–Crippen MR) is 119 cm³/mol. The second kappa shape index (κ2) is 10.1. The van der Waals surface area contributed by atoms with Crippen LogP contribution in [0.1, 0.15) is 24.1 Å². The van der Waals surface area contributed by atoms with E-state index in [-0.39, 0.29) is 24.8 Å². The monoisotopic (exact) mass is 440 g/mol. The summed E-state index contributed by atoms with van der Waals surface area (Å²) in [5.74, 6) is 1.16. The van der Waals surface area contributed by atoms with Gasteiger partial charge in [0.1, 0.15) is 23.9 Å². The maximum atomic E-state index is 13.0. The largest absolute Gasteiger partial charge is 0.497 e. The second-order valence-electron chi connectivity index (χ2n) is 7.23. The number of likely N-dealkylation sites (N-methyl/N-ethyl adjacent to an activating group) is 1. The first-order chi connectivity index (χ1) is 15.4. The Bertz CT molecular complexity index is 1020. The van der Waals surface area contributed by atoms with Crippen LogP contribution in [0.5, 0.6) is 17.2 Å². The molecule has 2 amide bonds. The summed E-state index contributed by atoms with van der Waals surface area (Å²) in [7, 11) is 4.66. The molecule has 170 valence electrons. The van der Waals surface area contributed by atoms with Crippen LogP contribution < -0.4 is 19.5 Å². The van der Waals surface area contributed by atoms with Gasteiger partial charge < -0.3 is 24.3 Å². The summed E-state index contributed by atoms with van der Waals surface area (Å²) in [4.78, 5) is 27.2. The van der Waals surface area contributed by atoms with Crippen LogP contribution in [0.4, 0.5) is 4.79 Å². The molecular formula is C24H28N2O6. The molecule has 1 atom stereocenters. The molecule has 1 unspecified atom stereocenters. The van der Waals surface area contributed by atoms with E-state index < -0.39 is 12.0 Å². The van der Waals surface area contributed by atoms with Crippen molar-refractivity contribution in [2.45, 2.75) is 19.9 Å². The van der Waals surface area contributed by atoms with Crippen LogP contribution in [0, 0.1) is 6.92 Å². The second-order valence-corrected chi connectivity index (χ2v) is 7.23. The number of carbonyl (C=O) groups is 2. The van der Waals surface area contributed by atoms with Gasteiger partial charge in [-0.3, -0.25) is 4.90 Å². The molecule has 0 aromatic heterocycles. The number of methoxy groups -OCH3 is 2. The third kappa shape index (κ3) is 4.80. The molecule has 0 saturated heterocycles. The van der Waals surface area contributed by atoms with Crippen molar-refractivity contribution in [2.75, 3.05) is 34.5 Å². The third-order valence-corrected chi connectivity index (χ3v) is 5.22. The molecule has 1 N–H and O–H groups in total. The molecule has 2 aromatic carbocycles. The fourth-order valence-electron chi connectivity index (χ4n) is 3.46. The van der Waals surface area contributed by atoms with E-state index in [1.807, 2.05) is 31.2 Å². The van der Waals surface area contributed by atoms with Crippen LogP contribution in [0.3, 0.4) is 0 Å². The lowest BCUT2D eigenvalue weighted by Gasteiger charge is -2.35. The number of nitrogens with one attached hydrogen (secondary N) is 1. The summed E-state index contributed by atoms with van der Waals surface area (Å²) in [5, 5.41) is 2.87. The van der Waals surface area contributed by atoms with Crippen LogP contribution in [0.2, 0.25) is 0 Å². The zero-order valence-corrected chi connectivity index (χ0v) is 18.9. The first-order valence-corrected chi connectivity index (χ1v) is 10.2. The lowest BCUT2D eigenvalue weighted by atomic mass is 9.94. The maximum absolute atomic E-state index is 13.0. The van der Waals surface area contributed by atoms with E-state index in [1.54, 1.807) is 39.3 Å². The number of hydrogen-bond acceptors (Lipinski definition) is 6. The van der Waals surface area contributed by atoms with Crippen molar-refractivity contribution < 1.29 is 28.5 Å². The van der Waals surface area contributed by atoms with Gasteiger partial charge in [0.2, 0.25) is 0 Å². The quantitative estimate of drug-likeness (QED) is 0.631. The lowest BCUT2D eigenvalue weighted by molar-refractivity contribution is -0.139. The first kappa shape index (κ1) is 23.0. The van der Waals surface area contributed by atoms with Gasteiger partial charge in [-0.25, -0.2) is 9.59 Å². The molecule has 0 radical (unpaired) electrons. The Hall–Kier alpha value is -3.68. The molecule has 0 spiro atoms. The molecule has 8 nitrogen and oxygen atoms in total. The van der Waals surface area contributed by atoms with Crippen molar-refractivity contribution in [1.29, 1.82) is 0 Å². The van der Waals surface area contributed by atoms with Gasteiger partial charge in [-0.2, -0.15) is 0 Å². The van der Waals surface area contributed by atoms with Crippen molar-refractivity contribution in [3.8, 4) is 17.2 Å². The van der Waals surface area contributed by atoms with Crippen LogP contribution in [-0.2, 0) is 9.53 Å². The molecule has 0 aliphatic carbocycles. The van der Waals surface area contributed by atoms with E-state index in [1.165, 1.54) is 12.0 Å². The fraction of sp³-hybridized carbons (Fsp3) is 0.333. The molecule has 0 fully saturated rings. The molecule has 2 aromatic rings. The molecular weight excluding hydrogens is 412 g/mol. The summed E-state index contributed by atoms with van der Waals surface area (Å²) in [6.07, 6.45) is 0. The van der Waals surface area contributed by atoms with Crippen molar-refractivity contribution in [2.24, 2.45) is 0 Å². The highest BCUT2D eigenvalue weighted by molar-refractivity contribution is 5.95. The minimum absolute atomic E-state index is 0.0100. The molecule has 32 heavy (non-hydrogen) atoms. The fourth-order valence-corrected chi connectivity index (χ4v) is 3.46. The number of aryl methyl sites for hydroxylation is 1. The molecule has 8 heteroatoms. The Morgan fingerprint density at radius 2 is 1.75 bits per heavy atom. The summed E-state index contributed by atoms with van der Waals surface area (Å²) in [6, 6.07) is 11.6. The number of esters is 1. The average Bonchev–Trinajstić information content (AvgIpc) is 2.80. The zero-order chi connectivity index (χ0) is 23.3. The van der Waals surface area contributed by atoms with Crippen LogP contribution in [0.25, 0.3) is 0 Å². The summed E-state index contributed by atoms with van der Waals surface area (Å²) < 4.78 is 22.0. The number of carbonyl (C=O) groups excluding carboxylic acids is 2. The Morgan fingerprint density at radius 1 is 1.06 bits per heavy atom. The van der Waals surface area contributed by atoms with Gasteiger partial charge in [0, 0.05) is 18.7 Å². The van der Waals surface area contributed by atoms with Crippen molar-refractivity contribution in [3.05, 3.63) is 64.9 Å². The Labute approximate surface area is 187 Å². The van der Waals surface area contributed by atoms with E-state index in [9.17, 15) is 9.59 Å². The predicted octanol–water partition coefficient (Wildman–Crippen LogP) is 3.60. The number of nitrogens with zero attached hydrogens (tertiary/aromatic N) is 1. The summed E-state index contributed by atoms with van der Waals surface area (Å²) in [5.41, 5.74) is 2.40. The zero-order valence-electron chi connectivity index (χ0n) is 18.9. The third-order valence-electron chi connectivity index (χ3n) is 5.22. The van der Waals surface area contributed by atoms with Crippen LogP contribution in [0.15, 0.2) is 53.7 Å². The smallest absolute Gasteiger partial charge is 0.338 e. The van der Waals surface area contributed by atoms with Gasteiger partial charge in [0.15, 0.2) is 0 Å². The molecule has 1 aliphatic rings. The first-order valence-electron chi connectivity index (χ1n) is 10.2. The number of amides is 2. The number of ether oxygens (including phenoxy) is 4. The van der Waals surface area contributed by atoms with Crippen molar-refractivity contribution >= 4 is 12.0 Å². The molecule has 1 heterocycles. The van der Waals surface area contributed by atoms with Crippen molar-refractivity contribution in [1.82, 2.24) is 10.2 Å². The normalized spacial score (nSPS) is 15.8. The van der Waals surface area contributed by atoms with Gasteiger partial charge in [0.05, 0.1) is 38.1 Å². The maximum Gasteiger partial charge on any atom is 0.338 e. The van der Waals surface area contributed by atoms with E-state index in [0.29, 0.717) is 28.5 Å². The number of urea groups is 1. The molecule has 0 bridgehead atoms. The average molecular weight is 440 g/mol. The summed E-state index contributed by atoms with van der Waals surface area (Å²) >= 11 is 0. The van der Waals surface area contributed by atoms with Crippen LogP contribution >= 0.6 is 0 Å². The molecule has 3 rings (SSSR count).